The standard InChI is InChI=1S/C12H15IN2O/c1-16-10-2-3-12-11(6-10)9(7-15-12)4-5-14-8-13/h2-3,6-7,14-15H,4-5,8H2,1H3. The van der Waals surface area contributed by atoms with Crippen LogP contribution in [-0.2, 0) is 6.42 Å². The van der Waals surface area contributed by atoms with E-state index < -0.39 is 0 Å². The van der Waals surface area contributed by atoms with Crippen LogP contribution in [0.4, 0.5) is 0 Å². The summed E-state index contributed by atoms with van der Waals surface area (Å²) in [6.07, 6.45) is 3.12. The first-order chi connectivity index (χ1) is 7.85. The minimum Gasteiger partial charge on any atom is -0.497 e. The topological polar surface area (TPSA) is 37.0 Å². The molecular weight excluding hydrogens is 315 g/mol. The number of methoxy groups -OCH3 is 1. The molecule has 0 spiro atoms. The maximum atomic E-state index is 5.24. The maximum absolute atomic E-state index is 5.24. The lowest BCUT2D eigenvalue weighted by molar-refractivity contribution is 0.415. The second kappa shape index (κ2) is 5.54. The zero-order valence-corrected chi connectivity index (χ0v) is 11.4. The number of ether oxygens (including phenoxy) is 1. The van der Waals surface area contributed by atoms with Gasteiger partial charge in [0.25, 0.3) is 0 Å². The van der Waals surface area contributed by atoms with Crippen LogP contribution < -0.4 is 10.1 Å². The Morgan fingerprint density at radius 2 is 2.31 bits per heavy atom. The Labute approximate surface area is 109 Å². The summed E-state index contributed by atoms with van der Waals surface area (Å²) in [6, 6.07) is 6.13. The first-order valence-corrected chi connectivity index (χ1v) is 6.78. The van der Waals surface area contributed by atoms with Crippen molar-refractivity contribution in [3.05, 3.63) is 30.0 Å². The van der Waals surface area contributed by atoms with E-state index in [2.05, 4.69) is 51.2 Å². The van der Waals surface area contributed by atoms with Gasteiger partial charge in [0.1, 0.15) is 5.75 Å². The molecule has 1 aromatic carbocycles. The van der Waals surface area contributed by atoms with Crippen molar-refractivity contribution >= 4 is 33.5 Å². The summed E-state index contributed by atoms with van der Waals surface area (Å²) >= 11 is 2.32. The second-order valence-corrected chi connectivity index (χ2v) is 4.37. The van der Waals surface area contributed by atoms with E-state index in [0.29, 0.717) is 0 Å². The molecule has 0 aliphatic carbocycles. The normalized spacial score (nSPS) is 10.9. The van der Waals surface area contributed by atoms with Crippen LogP contribution in [0.5, 0.6) is 5.75 Å². The van der Waals surface area contributed by atoms with Crippen LogP contribution in [0.15, 0.2) is 24.4 Å². The van der Waals surface area contributed by atoms with Crippen molar-refractivity contribution in [2.24, 2.45) is 0 Å². The van der Waals surface area contributed by atoms with Gasteiger partial charge >= 0.3 is 0 Å². The number of benzene rings is 1. The minimum atomic E-state index is 0.912. The summed E-state index contributed by atoms with van der Waals surface area (Å²) < 4.78 is 6.23. The fourth-order valence-corrected chi connectivity index (χ4v) is 2.16. The van der Waals surface area contributed by atoms with E-state index >= 15 is 0 Å². The van der Waals surface area contributed by atoms with E-state index in [-0.39, 0.29) is 0 Å². The first-order valence-electron chi connectivity index (χ1n) is 5.26. The molecule has 0 aliphatic heterocycles. The van der Waals surface area contributed by atoms with Crippen LogP contribution in [0.25, 0.3) is 10.9 Å². The van der Waals surface area contributed by atoms with Crippen molar-refractivity contribution in [3.63, 3.8) is 0 Å². The van der Waals surface area contributed by atoms with Gasteiger partial charge in [0.05, 0.1) is 7.11 Å². The fourth-order valence-electron chi connectivity index (χ4n) is 1.78. The smallest absolute Gasteiger partial charge is 0.119 e. The van der Waals surface area contributed by atoms with Gasteiger partial charge in [-0.05, 0) is 36.7 Å². The summed E-state index contributed by atoms with van der Waals surface area (Å²) in [5, 5.41) is 4.58. The number of nitrogens with one attached hydrogen (secondary N) is 2. The predicted molar refractivity (Wildman–Crippen MR) is 75.4 cm³/mol. The summed E-state index contributed by atoms with van der Waals surface area (Å²) in [4.78, 5) is 3.28. The number of hydrogen-bond acceptors (Lipinski definition) is 2. The Balaban J connectivity index is 2.24. The minimum absolute atomic E-state index is 0.912. The first kappa shape index (κ1) is 11.7. The average Bonchev–Trinajstić information content (AvgIpc) is 2.72. The van der Waals surface area contributed by atoms with Crippen molar-refractivity contribution < 1.29 is 4.74 Å². The molecule has 0 saturated carbocycles. The Kier molecular flexibility index (Phi) is 4.06. The summed E-state index contributed by atoms with van der Waals surface area (Å²) in [5.74, 6) is 0.912. The van der Waals surface area contributed by atoms with Crippen LogP contribution in [0.2, 0.25) is 0 Å². The van der Waals surface area contributed by atoms with Gasteiger partial charge in [-0.15, -0.1) is 0 Å². The highest BCUT2D eigenvalue weighted by Gasteiger charge is 2.04. The van der Waals surface area contributed by atoms with Crippen LogP contribution in [0.3, 0.4) is 0 Å². The molecule has 0 saturated heterocycles. The number of H-pyrrole nitrogens is 1. The number of fused-ring (bicyclic) bond motifs is 1. The SMILES string of the molecule is COc1ccc2[nH]cc(CCNCI)c2c1. The van der Waals surface area contributed by atoms with Crippen LogP contribution in [0.1, 0.15) is 5.56 Å². The number of aromatic nitrogens is 1. The van der Waals surface area contributed by atoms with E-state index in [4.69, 9.17) is 4.74 Å². The van der Waals surface area contributed by atoms with Gasteiger partial charge in [0.15, 0.2) is 0 Å². The summed E-state index contributed by atoms with van der Waals surface area (Å²) in [5.41, 5.74) is 2.51. The van der Waals surface area contributed by atoms with Gasteiger partial charge in [0.2, 0.25) is 0 Å². The molecule has 2 aromatic rings. The van der Waals surface area contributed by atoms with E-state index in [1.165, 1.54) is 16.5 Å². The Morgan fingerprint density at radius 1 is 1.44 bits per heavy atom. The van der Waals surface area contributed by atoms with E-state index in [0.717, 1.165) is 23.3 Å². The molecule has 0 atom stereocenters. The third-order valence-electron chi connectivity index (χ3n) is 2.64. The zero-order chi connectivity index (χ0) is 11.4. The molecule has 2 rings (SSSR count). The Bertz CT molecular complexity index is 467. The van der Waals surface area contributed by atoms with Gasteiger partial charge < -0.3 is 15.0 Å². The molecule has 4 heteroatoms. The monoisotopic (exact) mass is 330 g/mol. The molecule has 0 unspecified atom stereocenters. The van der Waals surface area contributed by atoms with Crippen LogP contribution in [0, 0.1) is 0 Å². The Morgan fingerprint density at radius 3 is 3.06 bits per heavy atom. The number of alkyl halides is 1. The van der Waals surface area contributed by atoms with Gasteiger partial charge in [-0.1, -0.05) is 22.6 Å². The molecule has 0 radical (unpaired) electrons. The lowest BCUT2D eigenvalue weighted by atomic mass is 10.1. The molecule has 0 amide bonds. The molecule has 0 fully saturated rings. The predicted octanol–water partition coefficient (Wildman–Crippen LogP) is 2.70. The number of hydrogen-bond donors (Lipinski definition) is 2. The van der Waals surface area contributed by atoms with Gasteiger partial charge in [-0.2, -0.15) is 0 Å². The third-order valence-corrected chi connectivity index (χ3v) is 3.18. The van der Waals surface area contributed by atoms with Crippen molar-refractivity contribution in [3.8, 4) is 5.75 Å². The molecule has 0 bridgehead atoms. The van der Waals surface area contributed by atoms with Crippen LogP contribution in [-0.4, -0.2) is 23.2 Å². The molecular formula is C12H15IN2O. The highest BCUT2D eigenvalue weighted by atomic mass is 127. The molecule has 3 nitrogen and oxygen atoms in total. The van der Waals surface area contributed by atoms with Crippen molar-refractivity contribution in [1.29, 1.82) is 0 Å². The molecule has 1 aromatic heterocycles. The van der Waals surface area contributed by atoms with E-state index in [9.17, 15) is 0 Å². The maximum Gasteiger partial charge on any atom is 0.119 e. The summed E-state index contributed by atoms with van der Waals surface area (Å²) in [6.45, 7) is 1.01. The number of aromatic amines is 1. The molecule has 16 heavy (non-hydrogen) atoms. The van der Waals surface area contributed by atoms with E-state index in [1.807, 2.05) is 6.07 Å². The van der Waals surface area contributed by atoms with E-state index in [1.54, 1.807) is 7.11 Å². The zero-order valence-electron chi connectivity index (χ0n) is 9.22. The number of rotatable bonds is 5. The molecule has 0 aliphatic rings. The van der Waals surface area contributed by atoms with Crippen molar-refractivity contribution in [2.75, 3.05) is 18.2 Å². The highest BCUT2D eigenvalue weighted by Crippen LogP contribution is 2.23. The van der Waals surface area contributed by atoms with Gasteiger partial charge in [-0.3, -0.25) is 0 Å². The molecule has 1 heterocycles. The quantitative estimate of drug-likeness (QED) is 0.383. The molecule has 86 valence electrons. The van der Waals surface area contributed by atoms with Crippen LogP contribution >= 0.6 is 22.6 Å². The van der Waals surface area contributed by atoms with Gasteiger partial charge in [-0.25, -0.2) is 0 Å². The lowest BCUT2D eigenvalue weighted by Gasteiger charge is -2.02. The number of halogens is 1. The van der Waals surface area contributed by atoms with Crippen molar-refractivity contribution in [2.45, 2.75) is 6.42 Å². The molecule has 2 N–H and O–H groups in total. The lowest BCUT2D eigenvalue weighted by Crippen LogP contribution is -2.14. The largest absolute Gasteiger partial charge is 0.497 e. The summed E-state index contributed by atoms with van der Waals surface area (Å²) in [7, 11) is 1.70. The highest BCUT2D eigenvalue weighted by molar-refractivity contribution is 14.1. The fraction of sp³-hybridized carbons (Fsp3) is 0.333. The Hall–Kier alpha value is -0.750. The van der Waals surface area contributed by atoms with Crippen molar-refractivity contribution in [1.82, 2.24) is 10.3 Å². The van der Waals surface area contributed by atoms with Gasteiger partial charge in [0, 0.05) is 21.7 Å². The average molecular weight is 330 g/mol. The second-order valence-electron chi connectivity index (χ2n) is 3.61. The third kappa shape index (κ3) is 2.49.